The molecule has 3 rings (SSSR count). The van der Waals surface area contributed by atoms with Crippen molar-refractivity contribution >= 4 is 11.8 Å². The van der Waals surface area contributed by atoms with E-state index < -0.39 is 11.9 Å². The Balaban J connectivity index is 1.71. The number of nitrogens with two attached hydrogens (primary N) is 1. The lowest BCUT2D eigenvalue weighted by molar-refractivity contribution is -0.121. The van der Waals surface area contributed by atoms with E-state index in [1.54, 1.807) is 23.2 Å². The number of nitrogens with zero attached hydrogens (tertiary/aromatic N) is 2. The summed E-state index contributed by atoms with van der Waals surface area (Å²) in [5.74, 6) is -0.136. The number of carbonyl (C=O) groups is 2. The fraction of sp³-hybridized carbons (Fsp3) is 0.588. The Morgan fingerprint density at radius 2 is 1.96 bits per heavy atom. The summed E-state index contributed by atoms with van der Waals surface area (Å²) in [4.78, 5) is 29.9. The van der Waals surface area contributed by atoms with Crippen molar-refractivity contribution in [3.63, 3.8) is 0 Å². The van der Waals surface area contributed by atoms with Gasteiger partial charge in [0.25, 0.3) is 5.91 Å². The van der Waals surface area contributed by atoms with Crippen molar-refractivity contribution in [2.75, 3.05) is 6.54 Å². The van der Waals surface area contributed by atoms with Crippen LogP contribution >= 0.6 is 0 Å². The molecule has 1 aliphatic carbocycles. The van der Waals surface area contributed by atoms with E-state index in [-0.39, 0.29) is 12.0 Å². The maximum absolute atomic E-state index is 12.6. The van der Waals surface area contributed by atoms with Crippen molar-refractivity contribution in [3.05, 3.63) is 23.9 Å². The molecule has 2 fully saturated rings. The summed E-state index contributed by atoms with van der Waals surface area (Å²) in [6, 6.07) is 2.83. The second-order valence-electron chi connectivity index (χ2n) is 6.32. The summed E-state index contributed by atoms with van der Waals surface area (Å²) in [7, 11) is 0. The van der Waals surface area contributed by atoms with Crippen molar-refractivity contribution in [1.29, 1.82) is 0 Å². The van der Waals surface area contributed by atoms with Gasteiger partial charge in [-0.3, -0.25) is 9.59 Å². The van der Waals surface area contributed by atoms with E-state index in [0.717, 1.165) is 19.3 Å². The van der Waals surface area contributed by atoms with E-state index in [1.807, 2.05) is 0 Å². The third-order valence-corrected chi connectivity index (χ3v) is 4.66. The zero-order chi connectivity index (χ0) is 16.2. The number of pyridine rings is 1. The monoisotopic (exact) mass is 317 g/mol. The number of aromatic nitrogens is 1. The summed E-state index contributed by atoms with van der Waals surface area (Å²) < 4.78 is 5.91. The minimum Gasteiger partial charge on any atom is -0.474 e. The largest absolute Gasteiger partial charge is 0.474 e. The molecule has 1 aromatic heterocycles. The Bertz CT molecular complexity index is 584. The molecule has 0 radical (unpaired) electrons. The lowest BCUT2D eigenvalue weighted by Crippen LogP contribution is -2.43. The predicted molar refractivity (Wildman–Crippen MR) is 85.0 cm³/mol. The number of rotatable bonds is 4. The Hall–Kier alpha value is -2.11. The Morgan fingerprint density at radius 1 is 1.17 bits per heavy atom. The molecule has 2 N–H and O–H groups in total. The molecule has 6 heteroatoms. The molecule has 2 aliphatic rings. The molecule has 124 valence electrons. The fourth-order valence-corrected chi connectivity index (χ4v) is 3.43. The van der Waals surface area contributed by atoms with E-state index in [4.69, 9.17) is 10.5 Å². The first-order valence-electron chi connectivity index (χ1n) is 8.38. The maximum Gasteiger partial charge on any atom is 0.254 e. The molecule has 1 atom stereocenters. The first-order chi connectivity index (χ1) is 11.1. The number of amides is 2. The van der Waals surface area contributed by atoms with Crippen LogP contribution in [-0.4, -0.2) is 40.4 Å². The first kappa shape index (κ1) is 15.8. The van der Waals surface area contributed by atoms with Gasteiger partial charge in [0.2, 0.25) is 11.8 Å². The Labute approximate surface area is 136 Å². The topological polar surface area (TPSA) is 85.5 Å². The highest BCUT2D eigenvalue weighted by atomic mass is 16.5. The van der Waals surface area contributed by atoms with Gasteiger partial charge in [0.1, 0.15) is 12.1 Å². The highest BCUT2D eigenvalue weighted by Gasteiger charge is 2.33. The third-order valence-electron chi connectivity index (χ3n) is 4.66. The van der Waals surface area contributed by atoms with Gasteiger partial charge in [0, 0.05) is 24.4 Å². The summed E-state index contributed by atoms with van der Waals surface area (Å²) in [6.07, 6.45) is 8.90. The lowest BCUT2D eigenvalue weighted by Gasteiger charge is -2.24. The van der Waals surface area contributed by atoms with Crippen molar-refractivity contribution in [2.24, 2.45) is 5.73 Å². The SMILES string of the molecule is NC(=O)C1CCCN1C(=O)c1ccnc(OC2CCCCC2)c1. The Kier molecular flexibility index (Phi) is 4.79. The van der Waals surface area contributed by atoms with E-state index in [1.165, 1.54) is 19.3 Å². The summed E-state index contributed by atoms with van der Waals surface area (Å²) in [5, 5.41) is 0. The molecular formula is C17H23N3O3. The van der Waals surface area contributed by atoms with Crippen LogP contribution < -0.4 is 10.5 Å². The van der Waals surface area contributed by atoms with Gasteiger partial charge in [0.05, 0.1) is 0 Å². The second-order valence-corrected chi connectivity index (χ2v) is 6.32. The van der Waals surface area contributed by atoms with E-state index in [0.29, 0.717) is 24.4 Å². The molecule has 0 bridgehead atoms. The maximum atomic E-state index is 12.6. The summed E-state index contributed by atoms with van der Waals surface area (Å²) >= 11 is 0. The van der Waals surface area contributed by atoms with Crippen LogP contribution in [-0.2, 0) is 4.79 Å². The molecule has 1 aliphatic heterocycles. The van der Waals surface area contributed by atoms with Crippen LogP contribution in [0.4, 0.5) is 0 Å². The number of hydrogen-bond acceptors (Lipinski definition) is 4. The zero-order valence-corrected chi connectivity index (χ0v) is 13.2. The molecule has 1 saturated heterocycles. The average Bonchev–Trinajstić information content (AvgIpc) is 3.05. The molecular weight excluding hydrogens is 294 g/mol. The van der Waals surface area contributed by atoms with Crippen LogP contribution in [0.15, 0.2) is 18.3 Å². The molecule has 2 heterocycles. The number of likely N-dealkylation sites (tertiary alicyclic amines) is 1. The van der Waals surface area contributed by atoms with Crippen LogP contribution in [0.1, 0.15) is 55.3 Å². The Morgan fingerprint density at radius 3 is 2.70 bits per heavy atom. The van der Waals surface area contributed by atoms with E-state index in [9.17, 15) is 9.59 Å². The van der Waals surface area contributed by atoms with E-state index in [2.05, 4.69) is 4.98 Å². The van der Waals surface area contributed by atoms with Gasteiger partial charge in [0.15, 0.2) is 0 Å². The summed E-state index contributed by atoms with van der Waals surface area (Å²) in [5.41, 5.74) is 5.89. The predicted octanol–water partition coefficient (Wildman–Crippen LogP) is 1.88. The highest BCUT2D eigenvalue weighted by molar-refractivity contribution is 5.97. The van der Waals surface area contributed by atoms with Gasteiger partial charge >= 0.3 is 0 Å². The smallest absolute Gasteiger partial charge is 0.254 e. The van der Waals surface area contributed by atoms with Crippen LogP contribution in [0.2, 0.25) is 0 Å². The molecule has 0 spiro atoms. The second kappa shape index (κ2) is 6.98. The van der Waals surface area contributed by atoms with Crippen molar-refractivity contribution < 1.29 is 14.3 Å². The molecule has 0 aromatic carbocycles. The van der Waals surface area contributed by atoms with E-state index >= 15 is 0 Å². The molecule has 1 aromatic rings. The van der Waals surface area contributed by atoms with Crippen LogP contribution in [0, 0.1) is 0 Å². The number of carbonyl (C=O) groups excluding carboxylic acids is 2. The van der Waals surface area contributed by atoms with Crippen LogP contribution in [0.3, 0.4) is 0 Å². The molecule has 23 heavy (non-hydrogen) atoms. The number of hydrogen-bond donors (Lipinski definition) is 1. The normalized spacial score (nSPS) is 22.1. The molecule has 1 unspecified atom stereocenters. The van der Waals surface area contributed by atoms with Crippen molar-refractivity contribution in [3.8, 4) is 5.88 Å². The lowest BCUT2D eigenvalue weighted by atomic mass is 9.98. The quantitative estimate of drug-likeness (QED) is 0.919. The zero-order valence-electron chi connectivity index (χ0n) is 13.2. The van der Waals surface area contributed by atoms with Gasteiger partial charge in [-0.1, -0.05) is 6.42 Å². The molecule has 1 saturated carbocycles. The van der Waals surface area contributed by atoms with Crippen molar-refractivity contribution in [2.45, 2.75) is 57.1 Å². The third kappa shape index (κ3) is 3.63. The fourth-order valence-electron chi connectivity index (χ4n) is 3.43. The number of primary amides is 1. The van der Waals surface area contributed by atoms with Gasteiger partial charge in [-0.15, -0.1) is 0 Å². The number of ether oxygens (including phenoxy) is 1. The minimum absolute atomic E-state index is 0.179. The van der Waals surface area contributed by atoms with Crippen LogP contribution in [0.25, 0.3) is 0 Å². The first-order valence-corrected chi connectivity index (χ1v) is 8.38. The average molecular weight is 317 g/mol. The minimum atomic E-state index is -0.502. The highest BCUT2D eigenvalue weighted by Crippen LogP contribution is 2.24. The van der Waals surface area contributed by atoms with Gasteiger partial charge in [-0.05, 0) is 44.6 Å². The van der Waals surface area contributed by atoms with Crippen LogP contribution in [0.5, 0.6) is 5.88 Å². The van der Waals surface area contributed by atoms with Crippen molar-refractivity contribution in [1.82, 2.24) is 9.88 Å². The molecule has 2 amide bonds. The van der Waals surface area contributed by atoms with Gasteiger partial charge in [-0.25, -0.2) is 4.98 Å². The van der Waals surface area contributed by atoms with Gasteiger partial charge < -0.3 is 15.4 Å². The molecule has 6 nitrogen and oxygen atoms in total. The van der Waals surface area contributed by atoms with Gasteiger partial charge in [-0.2, -0.15) is 0 Å². The summed E-state index contributed by atoms with van der Waals surface area (Å²) in [6.45, 7) is 0.563. The standard InChI is InChI=1S/C17H23N3O3/c18-16(21)14-7-4-10-20(14)17(22)12-8-9-19-15(11-12)23-13-5-2-1-3-6-13/h8-9,11,13-14H,1-7,10H2,(H2,18,21).